The van der Waals surface area contributed by atoms with Gasteiger partial charge in [0.25, 0.3) is 0 Å². The van der Waals surface area contributed by atoms with Crippen molar-refractivity contribution in [3.63, 3.8) is 0 Å². The molecule has 176 valence electrons. The average Bonchev–Trinajstić information content (AvgIpc) is 3.28. The molecule has 0 spiro atoms. The zero-order valence-corrected chi connectivity index (χ0v) is 19.7. The van der Waals surface area contributed by atoms with Crippen LogP contribution >= 0.6 is 0 Å². The van der Waals surface area contributed by atoms with Crippen LogP contribution in [0.2, 0.25) is 0 Å². The Balaban J connectivity index is 1.66. The maximum absolute atomic E-state index is 9.73. The molecule has 1 aromatic heterocycles. The number of oxime groups is 1. The summed E-state index contributed by atoms with van der Waals surface area (Å²) in [5.74, 6) is 2.04. The second-order valence-corrected chi connectivity index (χ2v) is 8.84. The predicted octanol–water partition coefficient (Wildman–Crippen LogP) is 4.97. The molecule has 2 aliphatic carbocycles. The monoisotopic (exact) mass is 459 g/mol. The number of ether oxygens (including phenoxy) is 3. The van der Waals surface area contributed by atoms with Crippen LogP contribution in [0, 0.1) is 5.92 Å². The van der Waals surface area contributed by atoms with Crippen LogP contribution in [0.25, 0.3) is 6.08 Å². The third-order valence-electron chi connectivity index (χ3n) is 7.18. The van der Waals surface area contributed by atoms with Crippen molar-refractivity contribution in [2.75, 3.05) is 21.3 Å². The van der Waals surface area contributed by atoms with E-state index in [1.54, 1.807) is 21.3 Å². The summed E-state index contributed by atoms with van der Waals surface area (Å²) in [4.78, 5) is 0. The molecule has 1 unspecified atom stereocenters. The number of nitrogens with zero attached hydrogens (tertiary/aromatic N) is 2. The fourth-order valence-corrected chi connectivity index (χ4v) is 5.10. The van der Waals surface area contributed by atoms with E-state index in [9.17, 15) is 5.21 Å². The van der Waals surface area contributed by atoms with Gasteiger partial charge in [-0.15, -0.1) is 0 Å². The number of hydrogen-bond donors (Lipinski definition) is 2. The van der Waals surface area contributed by atoms with Gasteiger partial charge in [0.15, 0.2) is 11.5 Å². The number of allylic oxidation sites excluding steroid dienone is 1. The quantitative estimate of drug-likeness (QED) is 0.296. The third-order valence-corrected chi connectivity index (χ3v) is 7.18. The minimum Gasteiger partial charge on any atom is -0.493 e. The Kier molecular flexibility index (Phi) is 5.77. The van der Waals surface area contributed by atoms with E-state index in [1.807, 2.05) is 30.3 Å². The Labute approximate surface area is 199 Å². The lowest BCUT2D eigenvalue weighted by molar-refractivity contribution is 0.305. The molecule has 0 bridgehead atoms. The van der Waals surface area contributed by atoms with Crippen LogP contribution in [0.1, 0.15) is 47.3 Å². The molecule has 0 radical (unpaired) electrons. The standard InChI is InChI=1S/C27H29N3O4/c1-32-22-14-19(15-23(33-2)26(22)34-3)27(18-10-5-4-6-11-18)13-12-20-21(16-27)28-29-25(20)24(30-31)17-8-7-9-17/h4-6,10-15,17,31H,7-9,16H2,1-3H3,(H,28,29). The molecule has 0 aliphatic heterocycles. The number of hydrogen-bond acceptors (Lipinski definition) is 6. The van der Waals surface area contributed by atoms with Gasteiger partial charge in [-0.1, -0.05) is 54.1 Å². The molecule has 7 nitrogen and oxygen atoms in total. The second kappa shape index (κ2) is 8.89. The van der Waals surface area contributed by atoms with Gasteiger partial charge in [-0.3, -0.25) is 5.10 Å². The maximum atomic E-state index is 9.73. The number of methoxy groups -OCH3 is 3. The minimum atomic E-state index is -0.488. The molecule has 5 rings (SSSR count). The van der Waals surface area contributed by atoms with Gasteiger partial charge in [0.1, 0.15) is 11.4 Å². The van der Waals surface area contributed by atoms with Crippen LogP contribution in [0.5, 0.6) is 17.2 Å². The number of nitrogens with one attached hydrogen (secondary N) is 1. The summed E-state index contributed by atoms with van der Waals surface area (Å²) in [5, 5.41) is 21.2. The third kappa shape index (κ3) is 3.43. The maximum Gasteiger partial charge on any atom is 0.203 e. The zero-order chi connectivity index (χ0) is 23.7. The lowest BCUT2D eigenvalue weighted by Crippen LogP contribution is -2.31. The number of H-pyrrole nitrogens is 1. The zero-order valence-electron chi connectivity index (χ0n) is 19.7. The highest BCUT2D eigenvalue weighted by molar-refractivity contribution is 6.04. The van der Waals surface area contributed by atoms with Crippen LogP contribution in [0.4, 0.5) is 0 Å². The molecule has 1 atom stereocenters. The molecular formula is C27H29N3O4. The number of rotatable bonds is 7. The first kappa shape index (κ1) is 22.1. The highest BCUT2D eigenvalue weighted by Crippen LogP contribution is 2.47. The molecule has 7 heteroatoms. The fourth-order valence-electron chi connectivity index (χ4n) is 5.10. The summed E-state index contributed by atoms with van der Waals surface area (Å²) in [6.45, 7) is 0. The lowest BCUT2D eigenvalue weighted by atomic mass is 9.68. The van der Waals surface area contributed by atoms with Crippen molar-refractivity contribution in [1.29, 1.82) is 0 Å². The van der Waals surface area contributed by atoms with E-state index in [1.165, 1.54) is 0 Å². The van der Waals surface area contributed by atoms with Crippen molar-refractivity contribution in [3.8, 4) is 17.2 Å². The Morgan fingerprint density at radius 2 is 1.74 bits per heavy atom. The van der Waals surface area contributed by atoms with Crippen LogP contribution in [0.15, 0.2) is 53.7 Å². The highest BCUT2D eigenvalue weighted by atomic mass is 16.5. The molecule has 34 heavy (non-hydrogen) atoms. The molecule has 0 saturated heterocycles. The van der Waals surface area contributed by atoms with E-state index in [0.29, 0.717) is 29.4 Å². The van der Waals surface area contributed by atoms with Gasteiger partial charge in [-0.2, -0.15) is 5.10 Å². The molecule has 1 saturated carbocycles. The first-order valence-electron chi connectivity index (χ1n) is 11.5. The first-order chi connectivity index (χ1) is 16.6. The number of aromatic amines is 1. The molecule has 1 heterocycles. The van der Waals surface area contributed by atoms with Gasteiger partial charge < -0.3 is 19.4 Å². The average molecular weight is 460 g/mol. The normalized spacial score (nSPS) is 19.9. The Bertz CT molecular complexity index is 1220. The summed E-state index contributed by atoms with van der Waals surface area (Å²) in [7, 11) is 4.86. The van der Waals surface area contributed by atoms with Gasteiger partial charge in [-0.25, -0.2) is 0 Å². The van der Waals surface area contributed by atoms with Gasteiger partial charge in [0.2, 0.25) is 5.75 Å². The molecule has 3 aromatic rings. The largest absolute Gasteiger partial charge is 0.493 e. The van der Waals surface area contributed by atoms with Crippen LogP contribution < -0.4 is 14.2 Å². The minimum absolute atomic E-state index is 0.265. The van der Waals surface area contributed by atoms with E-state index >= 15 is 0 Å². The van der Waals surface area contributed by atoms with Crippen LogP contribution in [0.3, 0.4) is 0 Å². The van der Waals surface area contributed by atoms with E-state index in [-0.39, 0.29) is 5.92 Å². The number of fused-ring (bicyclic) bond motifs is 1. The topological polar surface area (TPSA) is 89.0 Å². The predicted molar refractivity (Wildman–Crippen MR) is 130 cm³/mol. The Hall–Kier alpha value is -3.74. The second-order valence-electron chi connectivity index (χ2n) is 8.84. The van der Waals surface area contributed by atoms with Gasteiger partial charge >= 0.3 is 0 Å². The molecule has 1 fully saturated rings. The summed E-state index contributed by atoms with van der Waals surface area (Å²) in [6, 6.07) is 14.4. The first-order valence-corrected chi connectivity index (χ1v) is 11.5. The van der Waals surface area contributed by atoms with Crippen molar-refractivity contribution in [3.05, 3.63) is 76.6 Å². The summed E-state index contributed by atoms with van der Waals surface area (Å²) in [5.41, 5.74) is 5.06. The van der Waals surface area contributed by atoms with Crippen molar-refractivity contribution in [2.45, 2.75) is 31.1 Å². The van der Waals surface area contributed by atoms with Crippen molar-refractivity contribution in [1.82, 2.24) is 10.2 Å². The van der Waals surface area contributed by atoms with Gasteiger partial charge in [0.05, 0.1) is 21.3 Å². The smallest absolute Gasteiger partial charge is 0.203 e. The molecule has 2 aromatic carbocycles. The molecule has 0 amide bonds. The van der Waals surface area contributed by atoms with Crippen LogP contribution in [-0.4, -0.2) is 42.4 Å². The molecule has 2 N–H and O–H groups in total. The number of benzene rings is 2. The van der Waals surface area contributed by atoms with E-state index in [2.05, 4.69) is 39.6 Å². The summed E-state index contributed by atoms with van der Waals surface area (Å²) >= 11 is 0. The lowest BCUT2D eigenvalue weighted by Gasteiger charge is -2.35. The van der Waals surface area contributed by atoms with Crippen molar-refractivity contribution >= 4 is 11.8 Å². The summed E-state index contributed by atoms with van der Waals surface area (Å²) in [6.07, 6.45) is 8.17. The molecule has 2 aliphatic rings. The van der Waals surface area contributed by atoms with Crippen molar-refractivity contribution in [2.24, 2.45) is 11.1 Å². The van der Waals surface area contributed by atoms with Gasteiger partial charge in [-0.05, 0) is 36.1 Å². The van der Waals surface area contributed by atoms with Gasteiger partial charge in [0, 0.05) is 29.0 Å². The van der Waals surface area contributed by atoms with E-state index in [0.717, 1.165) is 47.3 Å². The Morgan fingerprint density at radius 3 is 2.29 bits per heavy atom. The fraction of sp³-hybridized carbons (Fsp3) is 0.333. The summed E-state index contributed by atoms with van der Waals surface area (Å²) < 4.78 is 16.9. The van der Waals surface area contributed by atoms with Crippen molar-refractivity contribution < 1.29 is 19.4 Å². The number of aromatic nitrogens is 2. The highest BCUT2D eigenvalue weighted by Gasteiger charge is 2.39. The SMILES string of the molecule is COc1cc(C2(c3ccccc3)C=Cc3c(C(=NO)C4CCC4)n[nH]c3C2)cc(OC)c1OC. The van der Waals surface area contributed by atoms with E-state index in [4.69, 9.17) is 14.2 Å². The van der Waals surface area contributed by atoms with Crippen LogP contribution in [-0.2, 0) is 11.8 Å². The van der Waals surface area contributed by atoms with E-state index < -0.39 is 5.41 Å². The Morgan fingerprint density at radius 1 is 1.03 bits per heavy atom. The molecular weight excluding hydrogens is 430 g/mol.